The number of ether oxygens (including phenoxy) is 1. The number of rotatable bonds is 5. The molecule has 0 bridgehead atoms. The van der Waals surface area contributed by atoms with Crippen LogP contribution in [0.4, 0.5) is 0 Å². The highest BCUT2D eigenvalue weighted by Crippen LogP contribution is 2.29. The average molecular weight is 335 g/mol. The van der Waals surface area contributed by atoms with Crippen molar-refractivity contribution in [3.8, 4) is 5.75 Å². The zero-order valence-corrected chi connectivity index (χ0v) is 13.3. The van der Waals surface area contributed by atoms with Crippen LogP contribution in [-0.4, -0.2) is 7.11 Å². The summed E-state index contributed by atoms with van der Waals surface area (Å²) in [5.41, 5.74) is 6.49. The molecule has 20 heavy (non-hydrogen) atoms. The second-order valence-electron chi connectivity index (χ2n) is 4.80. The first kappa shape index (κ1) is 15.0. The van der Waals surface area contributed by atoms with E-state index in [1.165, 1.54) is 11.1 Å². The number of aryl methyl sites for hydroxylation is 1. The van der Waals surface area contributed by atoms with E-state index in [1.807, 2.05) is 18.2 Å². The lowest BCUT2D eigenvalue weighted by Gasteiger charge is -2.19. The van der Waals surface area contributed by atoms with Crippen LogP contribution in [0, 0.1) is 6.92 Å². The Kier molecular flexibility index (Phi) is 5.17. The van der Waals surface area contributed by atoms with Crippen molar-refractivity contribution in [2.24, 2.45) is 5.84 Å². The van der Waals surface area contributed by atoms with Crippen LogP contribution in [0.3, 0.4) is 0 Å². The van der Waals surface area contributed by atoms with Gasteiger partial charge in [-0.25, -0.2) is 0 Å². The van der Waals surface area contributed by atoms with E-state index in [0.717, 1.165) is 22.2 Å². The van der Waals surface area contributed by atoms with Gasteiger partial charge in [0.25, 0.3) is 0 Å². The van der Waals surface area contributed by atoms with Gasteiger partial charge < -0.3 is 4.74 Å². The number of halogens is 1. The van der Waals surface area contributed by atoms with E-state index in [-0.39, 0.29) is 6.04 Å². The molecule has 106 valence electrons. The van der Waals surface area contributed by atoms with E-state index in [4.69, 9.17) is 10.6 Å². The summed E-state index contributed by atoms with van der Waals surface area (Å²) in [6.45, 7) is 2.09. The van der Waals surface area contributed by atoms with Gasteiger partial charge in [0.05, 0.1) is 13.2 Å². The number of nitrogens with one attached hydrogen (secondary N) is 1. The molecule has 0 aliphatic rings. The molecule has 1 atom stereocenters. The Morgan fingerprint density at radius 3 is 2.70 bits per heavy atom. The van der Waals surface area contributed by atoms with Crippen molar-refractivity contribution >= 4 is 15.9 Å². The molecule has 0 radical (unpaired) electrons. The number of hydrogen-bond donors (Lipinski definition) is 2. The Morgan fingerprint density at radius 2 is 2.05 bits per heavy atom. The number of hydrogen-bond acceptors (Lipinski definition) is 3. The maximum Gasteiger partial charge on any atom is 0.119 e. The predicted molar refractivity (Wildman–Crippen MR) is 85.6 cm³/mol. The zero-order valence-electron chi connectivity index (χ0n) is 11.7. The number of hydrazine groups is 1. The average Bonchev–Trinajstić information content (AvgIpc) is 2.46. The summed E-state index contributed by atoms with van der Waals surface area (Å²) in [7, 11) is 1.67. The maximum absolute atomic E-state index is 5.74. The van der Waals surface area contributed by atoms with Gasteiger partial charge in [0.2, 0.25) is 0 Å². The normalized spacial score (nSPS) is 12.2. The third-order valence-corrected chi connectivity index (χ3v) is 4.02. The van der Waals surface area contributed by atoms with Gasteiger partial charge in [0.15, 0.2) is 0 Å². The van der Waals surface area contributed by atoms with Crippen molar-refractivity contribution in [3.05, 3.63) is 63.6 Å². The summed E-state index contributed by atoms with van der Waals surface area (Å²) >= 11 is 3.58. The molecule has 0 aliphatic heterocycles. The molecule has 1 unspecified atom stereocenters. The lowest BCUT2D eigenvalue weighted by atomic mass is 9.98. The first-order valence-corrected chi connectivity index (χ1v) is 7.28. The third kappa shape index (κ3) is 3.60. The van der Waals surface area contributed by atoms with Crippen molar-refractivity contribution < 1.29 is 4.74 Å². The van der Waals surface area contributed by atoms with Gasteiger partial charge in [-0.1, -0.05) is 45.8 Å². The van der Waals surface area contributed by atoms with Crippen LogP contribution in [0.25, 0.3) is 0 Å². The minimum Gasteiger partial charge on any atom is -0.497 e. The molecule has 2 rings (SSSR count). The monoisotopic (exact) mass is 334 g/mol. The lowest BCUT2D eigenvalue weighted by Crippen LogP contribution is -2.29. The number of methoxy groups -OCH3 is 1. The Balaban J connectivity index is 2.28. The van der Waals surface area contributed by atoms with Crippen LogP contribution < -0.4 is 16.0 Å². The molecule has 4 heteroatoms. The van der Waals surface area contributed by atoms with Crippen molar-refractivity contribution in [1.82, 2.24) is 5.43 Å². The van der Waals surface area contributed by atoms with Crippen LogP contribution in [-0.2, 0) is 6.42 Å². The maximum atomic E-state index is 5.74. The molecule has 2 aromatic carbocycles. The molecule has 3 nitrogen and oxygen atoms in total. The van der Waals surface area contributed by atoms with E-state index in [0.29, 0.717) is 0 Å². The summed E-state index contributed by atoms with van der Waals surface area (Å²) in [5, 5.41) is 0. The smallest absolute Gasteiger partial charge is 0.119 e. The molecule has 0 spiro atoms. The molecule has 0 saturated carbocycles. The van der Waals surface area contributed by atoms with E-state index in [9.17, 15) is 0 Å². The van der Waals surface area contributed by atoms with Crippen molar-refractivity contribution in [2.75, 3.05) is 7.11 Å². The third-order valence-electron chi connectivity index (χ3n) is 3.30. The second kappa shape index (κ2) is 6.88. The number of nitrogens with two attached hydrogens (primary N) is 1. The molecule has 0 amide bonds. The fourth-order valence-corrected chi connectivity index (χ4v) is 2.77. The van der Waals surface area contributed by atoms with Crippen LogP contribution >= 0.6 is 15.9 Å². The van der Waals surface area contributed by atoms with Gasteiger partial charge in [-0.15, -0.1) is 0 Å². The van der Waals surface area contributed by atoms with Crippen LogP contribution in [0.2, 0.25) is 0 Å². The fourth-order valence-electron chi connectivity index (χ4n) is 2.25. The van der Waals surface area contributed by atoms with E-state index in [1.54, 1.807) is 7.11 Å². The lowest BCUT2D eigenvalue weighted by molar-refractivity contribution is 0.412. The Hall–Kier alpha value is -1.36. The Bertz CT molecular complexity index is 586. The van der Waals surface area contributed by atoms with Gasteiger partial charge in [-0.05, 0) is 42.7 Å². The van der Waals surface area contributed by atoms with E-state index < -0.39 is 0 Å². The van der Waals surface area contributed by atoms with Gasteiger partial charge in [0, 0.05) is 4.47 Å². The van der Waals surface area contributed by atoms with Crippen LogP contribution in [0.1, 0.15) is 22.7 Å². The van der Waals surface area contributed by atoms with Gasteiger partial charge in [-0.3, -0.25) is 11.3 Å². The topological polar surface area (TPSA) is 47.3 Å². The predicted octanol–water partition coefficient (Wildman–Crippen LogP) is 3.51. The van der Waals surface area contributed by atoms with Crippen molar-refractivity contribution in [3.63, 3.8) is 0 Å². The van der Waals surface area contributed by atoms with Crippen molar-refractivity contribution in [1.29, 1.82) is 0 Å². The zero-order chi connectivity index (χ0) is 14.5. The minimum atomic E-state index is 0.0290. The fraction of sp³-hybridized carbons (Fsp3) is 0.250. The van der Waals surface area contributed by atoms with Crippen LogP contribution in [0.5, 0.6) is 5.75 Å². The summed E-state index contributed by atoms with van der Waals surface area (Å²) in [6, 6.07) is 14.4. The Morgan fingerprint density at radius 1 is 1.25 bits per heavy atom. The first-order valence-electron chi connectivity index (χ1n) is 6.49. The summed E-state index contributed by atoms with van der Waals surface area (Å²) in [4.78, 5) is 0. The summed E-state index contributed by atoms with van der Waals surface area (Å²) in [6.07, 6.45) is 0.823. The van der Waals surface area contributed by atoms with Gasteiger partial charge in [0.1, 0.15) is 5.75 Å². The molecule has 0 saturated heterocycles. The summed E-state index contributed by atoms with van der Waals surface area (Å²) in [5.74, 6) is 6.57. The molecule has 0 fully saturated rings. The molecule has 3 N–H and O–H groups in total. The number of benzene rings is 2. The quantitative estimate of drug-likeness (QED) is 0.649. The molecule has 0 aromatic heterocycles. The van der Waals surface area contributed by atoms with Crippen molar-refractivity contribution in [2.45, 2.75) is 19.4 Å². The van der Waals surface area contributed by atoms with E-state index in [2.05, 4.69) is 52.5 Å². The molecule has 0 heterocycles. The molecular formula is C16H19BrN2O. The summed E-state index contributed by atoms with van der Waals surface area (Å²) < 4.78 is 6.31. The van der Waals surface area contributed by atoms with Crippen LogP contribution in [0.15, 0.2) is 46.9 Å². The molecular weight excluding hydrogens is 316 g/mol. The Labute approximate surface area is 128 Å². The SMILES string of the molecule is COc1ccc(Br)c(C(Cc2cccc(C)c2)NN)c1. The highest BCUT2D eigenvalue weighted by atomic mass is 79.9. The van der Waals surface area contributed by atoms with Gasteiger partial charge in [-0.2, -0.15) is 0 Å². The largest absolute Gasteiger partial charge is 0.497 e. The highest BCUT2D eigenvalue weighted by Gasteiger charge is 2.15. The highest BCUT2D eigenvalue weighted by molar-refractivity contribution is 9.10. The molecule has 0 aliphatic carbocycles. The van der Waals surface area contributed by atoms with Gasteiger partial charge >= 0.3 is 0 Å². The molecule has 2 aromatic rings. The standard InChI is InChI=1S/C16H19BrN2O/c1-11-4-3-5-12(8-11)9-16(19-18)14-10-13(20-2)6-7-15(14)17/h3-8,10,16,19H,9,18H2,1-2H3. The van der Waals surface area contributed by atoms with E-state index >= 15 is 0 Å². The first-order chi connectivity index (χ1) is 9.63. The second-order valence-corrected chi connectivity index (χ2v) is 5.65. The minimum absolute atomic E-state index is 0.0290.